The van der Waals surface area contributed by atoms with E-state index in [1.54, 1.807) is 18.3 Å². The van der Waals surface area contributed by atoms with Gasteiger partial charge in [-0.1, -0.05) is 13.8 Å². The van der Waals surface area contributed by atoms with E-state index in [0.29, 0.717) is 19.3 Å². The molecule has 0 unspecified atom stereocenters. The minimum absolute atomic E-state index is 0.0589. The van der Waals surface area contributed by atoms with Crippen LogP contribution in [0.15, 0.2) is 42.6 Å². The lowest BCUT2D eigenvalue weighted by atomic mass is 9.79. The van der Waals surface area contributed by atoms with Crippen LogP contribution < -0.4 is 0 Å². The molecular formula is C26H25FN4O2. The second-order valence-corrected chi connectivity index (χ2v) is 9.66. The van der Waals surface area contributed by atoms with Gasteiger partial charge in [-0.15, -0.1) is 0 Å². The summed E-state index contributed by atoms with van der Waals surface area (Å²) in [4.78, 5) is 11.7. The van der Waals surface area contributed by atoms with Crippen LogP contribution in [0, 0.1) is 23.1 Å². The number of carbonyl (C=O) groups is 1. The van der Waals surface area contributed by atoms with E-state index in [0.717, 1.165) is 45.2 Å². The number of rotatable bonds is 5. The summed E-state index contributed by atoms with van der Waals surface area (Å²) in [5.74, 6) is -1.38. The van der Waals surface area contributed by atoms with Crippen molar-refractivity contribution in [2.45, 2.75) is 50.9 Å². The van der Waals surface area contributed by atoms with Gasteiger partial charge >= 0.3 is 5.97 Å². The number of aromatic nitrogens is 3. The second-order valence-electron chi connectivity index (χ2n) is 9.66. The number of fused-ring (bicyclic) bond motifs is 2. The Morgan fingerprint density at radius 3 is 2.73 bits per heavy atom. The molecule has 5 rings (SSSR count). The zero-order chi connectivity index (χ0) is 23.3. The average molecular weight is 445 g/mol. The lowest BCUT2D eigenvalue weighted by Crippen LogP contribution is -2.23. The summed E-state index contributed by atoms with van der Waals surface area (Å²) in [5.41, 5.74) is 4.23. The van der Waals surface area contributed by atoms with Gasteiger partial charge in [-0.05, 0) is 67.1 Å². The molecule has 2 aromatic heterocycles. The number of nitrogens with zero attached hydrogens (tertiary/aromatic N) is 3. The van der Waals surface area contributed by atoms with Crippen molar-refractivity contribution >= 4 is 27.8 Å². The molecule has 0 bridgehead atoms. The smallest absolute Gasteiger partial charge is 0.306 e. The van der Waals surface area contributed by atoms with E-state index in [2.05, 4.69) is 33.0 Å². The minimum atomic E-state index is -0.756. The van der Waals surface area contributed by atoms with E-state index >= 15 is 0 Å². The first kappa shape index (κ1) is 21.2. The quantitative estimate of drug-likeness (QED) is 0.406. The maximum atomic E-state index is 13.8. The highest BCUT2D eigenvalue weighted by Crippen LogP contribution is 2.48. The van der Waals surface area contributed by atoms with E-state index < -0.39 is 11.4 Å². The van der Waals surface area contributed by atoms with Gasteiger partial charge in [-0.3, -0.25) is 9.89 Å². The Labute approximate surface area is 190 Å². The Hall–Kier alpha value is -3.66. The minimum Gasteiger partial charge on any atom is -0.481 e. The SMILES string of the molecule is CC(C)(CC#N)c1c([C@@H]2CC[C@@H](C(=O)O)C2)c2cc3[nH]ncc3cc2n1-c1ccc(F)cc1. The van der Waals surface area contributed by atoms with Crippen LogP contribution in [0.1, 0.15) is 56.7 Å². The number of carboxylic acids is 1. The van der Waals surface area contributed by atoms with Gasteiger partial charge in [0.2, 0.25) is 0 Å². The molecule has 0 amide bonds. The number of carboxylic acid groups (broad SMARTS) is 1. The first-order valence-electron chi connectivity index (χ1n) is 11.2. The summed E-state index contributed by atoms with van der Waals surface area (Å²) >= 11 is 0. The van der Waals surface area contributed by atoms with Gasteiger partial charge in [0.15, 0.2) is 0 Å². The fourth-order valence-electron chi connectivity index (χ4n) is 5.44. The lowest BCUT2D eigenvalue weighted by Gasteiger charge is -2.28. The van der Waals surface area contributed by atoms with Crippen molar-refractivity contribution in [2.75, 3.05) is 0 Å². The molecular weight excluding hydrogens is 419 g/mol. The predicted molar refractivity (Wildman–Crippen MR) is 124 cm³/mol. The monoisotopic (exact) mass is 444 g/mol. The van der Waals surface area contributed by atoms with Gasteiger partial charge in [0.25, 0.3) is 0 Å². The third-order valence-electron chi connectivity index (χ3n) is 7.00. The van der Waals surface area contributed by atoms with Crippen LogP contribution >= 0.6 is 0 Å². The largest absolute Gasteiger partial charge is 0.481 e. The van der Waals surface area contributed by atoms with Gasteiger partial charge in [0.1, 0.15) is 5.82 Å². The zero-order valence-corrected chi connectivity index (χ0v) is 18.6. The molecule has 1 saturated carbocycles. The van der Waals surface area contributed by atoms with E-state index in [-0.39, 0.29) is 17.7 Å². The third-order valence-corrected chi connectivity index (χ3v) is 7.00. The van der Waals surface area contributed by atoms with Crippen molar-refractivity contribution in [1.29, 1.82) is 5.26 Å². The highest BCUT2D eigenvalue weighted by Gasteiger charge is 2.38. The zero-order valence-electron chi connectivity index (χ0n) is 18.6. The highest BCUT2D eigenvalue weighted by molar-refractivity contribution is 5.99. The summed E-state index contributed by atoms with van der Waals surface area (Å²) in [5, 5.41) is 28.5. The molecule has 4 aromatic rings. The molecule has 7 heteroatoms. The molecule has 1 aliphatic carbocycles. The Kier molecular flexibility index (Phi) is 4.97. The van der Waals surface area contributed by atoms with Crippen molar-refractivity contribution in [3.8, 4) is 11.8 Å². The molecule has 2 N–H and O–H groups in total. The molecule has 2 aromatic carbocycles. The van der Waals surface area contributed by atoms with Crippen LogP contribution in [-0.4, -0.2) is 25.8 Å². The first-order chi connectivity index (χ1) is 15.8. The molecule has 0 spiro atoms. The van der Waals surface area contributed by atoms with Gasteiger partial charge in [0.05, 0.1) is 29.2 Å². The maximum Gasteiger partial charge on any atom is 0.306 e. The molecule has 2 heterocycles. The predicted octanol–water partition coefficient (Wildman–Crippen LogP) is 5.81. The number of aliphatic carboxylic acids is 1. The first-order valence-corrected chi connectivity index (χ1v) is 11.2. The summed E-state index contributed by atoms with van der Waals surface area (Å²) < 4.78 is 15.9. The standard InChI is InChI=1S/C26H25FN4O2/c1-26(2,9-10-28)24-23(15-3-4-16(11-15)25(32)33)20-13-21-17(14-29-30-21)12-22(20)31(24)19-7-5-18(27)6-8-19/h5-8,12-16H,3-4,9,11H2,1-2H3,(H,29,30)(H,32,33)/t15-,16-/m1/s1. The molecule has 0 radical (unpaired) electrons. The molecule has 1 fully saturated rings. The van der Waals surface area contributed by atoms with Crippen molar-refractivity contribution in [3.63, 3.8) is 0 Å². The number of benzene rings is 2. The van der Waals surface area contributed by atoms with Crippen LogP contribution in [0.2, 0.25) is 0 Å². The number of hydrogen-bond acceptors (Lipinski definition) is 3. The number of aromatic amines is 1. The molecule has 33 heavy (non-hydrogen) atoms. The molecule has 2 atom stereocenters. The molecule has 1 aliphatic rings. The average Bonchev–Trinajstić information content (AvgIpc) is 3.49. The van der Waals surface area contributed by atoms with Crippen molar-refractivity contribution in [3.05, 3.63) is 59.7 Å². The molecule has 6 nitrogen and oxygen atoms in total. The number of hydrogen-bond donors (Lipinski definition) is 2. The van der Waals surface area contributed by atoms with E-state index in [1.807, 2.05) is 13.8 Å². The van der Waals surface area contributed by atoms with Crippen LogP contribution in [0.25, 0.3) is 27.5 Å². The Balaban J connectivity index is 1.87. The van der Waals surface area contributed by atoms with Crippen molar-refractivity contribution in [2.24, 2.45) is 5.92 Å². The van der Waals surface area contributed by atoms with Crippen molar-refractivity contribution in [1.82, 2.24) is 14.8 Å². The topological polar surface area (TPSA) is 94.7 Å². The summed E-state index contributed by atoms with van der Waals surface area (Å²) in [6.07, 6.45) is 4.04. The fourth-order valence-corrected chi connectivity index (χ4v) is 5.44. The van der Waals surface area contributed by atoms with E-state index in [1.165, 1.54) is 12.1 Å². The van der Waals surface area contributed by atoms with Gasteiger partial charge in [-0.2, -0.15) is 10.4 Å². The summed E-state index contributed by atoms with van der Waals surface area (Å²) in [7, 11) is 0. The molecule has 0 saturated heterocycles. The van der Waals surface area contributed by atoms with Gasteiger partial charge < -0.3 is 9.67 Å². The summed E-state index contributed by atoms with van der Waals surface area (Å²) in [6, 6.07) is 12.8. The Morgan fingerprint density at radius 1 is 1.30 bits per heavy atom. The Bertz CT molecular complexity index is 1410. The van der Waals surface area contributed by atoms with Crippen molar-refractivity contribution < 1.29 is 14.3 Å². The lowest BCUT2D eigenvalue weighted by molar-refractivity contribution is -0.141. The van der Waals surface area contributed by atoms with E-state index in [9.17, 15) is 19.6 Å². The number of H-pyrrole nitrogens is 1. The highest BCUT2D eigenvalue weighted by atomic mass is 19.1. The third kappa shape index (κ3) is 3.46. The number of nitriles is 1. The maximum absolute atomic E-state index is 13.8. The molecule has 0 aliphatic heterocycles. The fraction of sp³-hybridized carbons (Fsp3) is 0.346. The van der Waals surface area contributed by atoms with E-state index in [4.69, 9.17) is 0 Å². The number of nitrogens with one attached hydrogen (secondary N) is 1. The van der Waals surface area contributed by atoms with Gasteiger partial charge in [-0.25, -0.2) is 4.39 Å². The normalized spacial score (nSPS) is 18.7. The summed E-state index contributed by atoms with van der Waals surface area (Å²) in [6.45, 7) is 4.09. The van der Waals surface area contributed by atoms with Crippen LogP contribution in [0.5, 0.6) is 0 Å². The second kappa shape index (κ2) is 7.73. The van der Waals surface area contributed by atoms with Crippen LogP contribution in [0.4, 0.5) is 4.39 Å². The Morgan fingerprint density at radius 2 is 2.06 bits per heavy atom. The molecule has 168 valence electrons. The number of halogens is 1. The van der Waals surface area contributed by atoms with Gasteiger partial charge in [0, 0.05) is 34.0 Å². The van der Waals surface area contributed by atoms with Crippen LogP contribution in [0.3, 0.4) is 0 Å². The van der Waals surface area contributed by atoms with Crippen LogP contribution in [-0.2, 0) is 10.2 Å².